The van der Waals surface area contributed by atoms with Crippen LogP contribution in [0.4, 0.5) is 5.69 Å². The van der Waals surface area contributed by atoms with Crippen molar-refractivity contribution in [1.82, 2.24) is 9.88 Å². The summed E-state index contributed by atoms with van der Waals surface area (Å²) in [6, 6.07) is 12.5. The lowest BCUT2D eigenvalue weighted by molar-refractivity contribution is 0.0779. The molecule has 1 amide bonds. The summed E-state index contributed by atoms with van der Waals surface area (Å²) >= 11 is 0. The first-order valence-corrected chi connectivity index (χ1v) is 6.06. The summed E-state index contributed by atoms with van der Waals surface area (Å²) < 4.78 is 0. The summed E-state index contributed by atoms with van der Waals surface area (Å²) in [6.07, 6.45) is 1.46. The van der Waals surface area contributed by atoms with Gasteiger partial charge in [0.2, 0.25) is 0 Å². The standard InChI is InChI=1S/C15H14N4O/c1-19(10-12-4-2-3-11(7-12)8-16)15(20)14-6-5-13(17)9-18-14/h2-7,9H,10,17H2,1H3. The zero-order valence-corrected chi connectivity index (χ0v) is 11.1. The van der Waals surface area contributed by atoms with E-state index in [9.17, 15) is 4.79 Å². The van der Waals surface area contributed by atoms with Gasteiger partial charge in [0, 0.05) is 13.6 Å². The molecule has 0 aliphatic heterocycles. The summed E-state index contributed by atoms with van der Waals surface area (Å²) in [6.45, 7) is 0.417. The highest BCUT2D eigenvalue weighted by atomic mass is 16.2. The largest absolute Gasteiger partial charge is 0.397 e. The lowest BCUT2D eigenvalue weighted by Crippen LogP contribution is -2.27. The quantitative estimate of drug-likeness (QED) is 0.918. The van der Waals surface area contributed by atoms with Crippen molar-refractivity contribution in [3.8, 4) is 6.07 Å². The van der Waals surface area contributed by atoms with Gasteiger partial charge in [0.15, 0.2) is 0 Å². The minimum Gasteiger partial charge on any atom is -0.397 e. The summed E-state index contributed by atoms with van der Waals surface area (Å²) in [5.74, 6) is -0.188. The van der Waals surface area contributed by atoms with Crippen LogP contribution in [0.15, 0.2) is 42.6 Å². The van der Waals surface area contributed by atoms with Crippen LogP contribution in [-0.4, -0.2) is 22.8 Å². The molecule has 1 aromatic heterocycles. The smallest absolute Gasteiger partial charge is 0.272 e. The third kappa shape index (κ3) is 3.12. The van der Waals surface area contributed by atoms with Gasteiger partial charge in [-0.2, -0.15) is 5.26 Å². The molecular formula is C15H14N4O. The van der Waals surface area contributed by atoms with Crippen LogP contribution in [0.1, 0.15) is 21.6 Å². The number of nitrogen functional groups attached to an aromatic ring is 1. The second-order valence-electron chi connectivity index (χ2n) is 4.45. The zero-order chi connectivity index (χ0) is 14.5. The van der Waals surface area contributed by atoms with Crippen LogP contribution in [0.2, 0.25) is 0 Å². The fourth-order valence-corrected chi connectivity index (χ4v) is 1.81. The van der Waals surface area contributed by atoms with E-state index in [1.807, 2.05) is 6.07 Å². The number of benzene rings is 1. The molecule has 0 fully saturated rings. The molecule has 100 valence electrons. The molecule has 0 spiro atoms. The van der Waals surface area contributed by atoms with Crippen LogP contribution >= 0.6 is 0 Å². The molecule has 2 N–H and O–H groups in total. The van der Waals surface area contributed by atoms with Crippen LogP contribution in [0.3, 0.4) is 0 Å². The van der Waals surface area contributed by atoms with Crippen molar-refractivity contribution < 1.29 is 4.79 Å². The SMILES string of the molecule is CN(Cc1cccc(C#N)c1)C(=O)c1ccc(N)cn1. The van der Waals surface area contributed by atoms with Gasteiger partial charge in [-0.3, -0.25) is 4.79 Å². The van der Waals surface area contributed by atoms with E-state index in [-0.39, 0.29) is 5.91 Å². The number of rotatable bonds is 3. The Morgan fingerprint density at radius 3 is 2.85 bits per heavy atom. The normalized spacial score (nSPS) is 9.80. The minimum absolute atomic E-state index is 0.188. The summed E-state index contributed by atoms with van der Waals surface area (Å²) in [5, 5.41) is 8.86. The van der Waals surface area contributed by atoms with Crippen LogP contribution in [0.5, 0.6) is 0 Å². The molecule has 5 heteroatoms. The van der Waals surface area contributed by atoms with E-state index in [2.05, 4.69) is 11.1 Å². The molecule has 0 unspecified atom stereocenters. The Labute approximate surface area is 117 Å². The molecule has 20 heavy (non-hydrogen) atoms. The first-order valence-electron chi connectivity index (χ1n) is 6.06. The second-order valence-corrected chi connectivity index (χ2v) is 4.45. The maximum atomic E-state index is 12.2. The molecular weight excluding hydrogens is 252 g/mol. The van der Waals surface area contributed by atoms with E-state index in [0.29, 0.717) is 23.5 Å². The van der Waals surface area contributed by atoms with Crippen LogP contribution < -0.4 is 5.73 Å². The first-order chi connectivity index (χ1) is 9.60. The molecule has 0 radical (unpaired) electrons. The zero-order valence-electron chi connectivity index (χ0n) is 11.1. The Hall–Kier alpha value is -2.87. The molecule has 1 heterocycles. The number of amides is 1. The summed E-state index contributed by atoms with van der Waals surface area (Å²) in [5.41, 5.74) is 7.88. The highest BCUT2D eigenvalue weighted by Crippen LogP contribution is 2.10. The number of hydrogen-bond donors (Lipinski definition) is 1. The monoisotopic (exact) mass is 266 g/mol. The van der Waals surface area contributed by atoms with Crippen molar-refractivity contribution in [3.05, 3.63) is 59.4 Å². The predicted octanol–water partition coefficient (Wildman–Crippen LogP) is 1.81. The predicted molar refractivity (Wildman–Crippen MR) is 75.6 cm³/mol. The Morgan fingerprint density at radius 2 is 2.20 bits per heavy atom. The molecule has 2 rings (SSSR count). The van der Waals surface area contributed by atoms with Crippen molar-refractivity contribution in [3.63, 3.8) is 0 Å². The third-order valence-electron chi connectivity index (χ3n) is 2.83. The number of nitrogens with two attached hydrogens (primary N) is 1. The Kier molecular flexibility index (Phi) is 3.96. The molecule has 0 atom stereocenters. The van der Waals surface area contributed by atoms with Crippen LogP contribution in [-0.2, 0) is 6.54 Å². The maximum Gasteiger partial charge on any atom is 0.272 e. The van der Waals surface area contributed by atoms with Crippen molar-refractivity contribution >= 4 is 11.6 Å². The third-order valence-corrected chi connectivity index (χ3v) is 2.83. The average Bonchev–Trinajstić information content (AvgIpc) is 2.47. The molecule has 0 bridgehead atoms. The van der Waals surface area contributed by atoms with E-state index in [1.54, 1.807) is 42.3 Å². The Morgan fingerprint density at radius 1 is 1.40 bits per heavy atom. The molecule has 2 aromatic rings. The number of nitrogens with zero attached hydrogens (tertiary/aromatic N) is 3. The second kappa shape index (κ2) is 5.85. The molecule has 0 saturated carbocycles. The number of hydrogen-bond acceptors (Lipinski definition) is 4. The summed E-state index contributed by atoms with van der Waals surface area (Å²) in [7, 11) is 1.69. The lowest BCUT2D eigenvalue weighted by atomic mass is 10.1. The van der Waals surface area contributed by atoms with E-state index < -0.39 is 0 Å². The molecule has 0 aliphatic rings. The fraction of sp³-hybridized carbons (Fsp3) is 0.133. The highest BCUT2D eigenvalue weighted by molar-refractivity contribution is 5.92. The van der Waals surface area contributed by atoms with Gasteiger partial charge in [-0.05, 0) is 29.8 Å². The summed E-state index contributed by atoms with van der Waals surface area (Å²) in [4.78, 5) is 17.7. The van der Waals surface area contributed by atoms with Gasteiger partial charge in [-0.25, -0.2) is 4.98 Å². The number of carbonyl (C=O) groups is 1. The van der Waals surface area contributed by atoms with Gasteiger partial charge in [0.05, 0.1) is 23.5 Å². The van der Waals surface area contributed by atoms with Crippen molar-refractivity contribution in [2.24, 2.45) is 0 Å². The number of carbonyl (C=O) groups excluding carboxylic acids is 1. The number of nitriles is 1. The van der Waals surface area contributed by atoms with E-state index in [1.165, 1.54) is 6.20 Å². The lowest BCUT2D eigenvalue weighted by Gasteiger charge is -2.17. The van der Waals surface area contributed by atoms with Gasteiger partial charge in [0.1, 0.15) is 5.69 Å². The maximum absolute atomic E-state index is 12.2. The molecule has 0 aliphatic carbocycles. The van der Waals surface area contributed by atoms with Gasteiger partial charge < -0.3 is 10.6 Å². The Balaban J connectivity index is 2.11. The molecule has 0 saturated heterocycles. The van der Waals surface area contributed by atoms with Gasteiger partial charge in [-0.15, -0.1) is 0 Å². The van der Waals surface area contributed by atoms with Gasteiger partial charge in [-0.1, -0.05) is 12.1 Å². The topological polar surface area (TPSA) is 83.0 Å². The number of anilines is 1. The van der Waals surface area contributed by atoms with Crippen molar-refractivity contribution in [1.29, 1.82) is 5.26 Å². The Bertz CT molecular complexity index is 658. The van der Waals surface area contributed by atoms with Crippen LogP contribution in [0, 0.1) is 11.3 Å². The van der Waals surface area contributed by atoms with Crippen molar-refractivity contribution in [2.75, 3.05) is 12.8 Å². The first kappa shape index (κ1) is 13.6. The van der Waals surface area contributed by atoms with Crippen LogP contribution in [0.25, 0.3) is 0 Å². The van der Waals surface area contributed by atoms with E-state index >= 15 is 0 Å². The fourth-order valence-electron chi connectivity index (χ4n) is 1.81. The van der Waals surface area contributed by atoms with Gasteiger partial charge in [0.25, 0.3) is 5.91 Å². The van der Waals surface area contributed by atoms with E-state index in [0.717, 1.165) is 5.56 Å². The van der Waals surface area contributed by atoms with Gasteiger partial charge >= 0.3 is 0 Å². The molecule has 1 aromatic carbocycles. The number of pyridine rings is 1. The minimum atomic E-state index is -0.188. The van der Waals surface area contributed by atoms with Crippen molar-refractivity contribution in [2.45, 2.75) is 6.54 Å². The average molecular weight is 266 g/mol. The highest BCUT2D eigenvalue weighted by Gasteiger charge is 2.13. The number of aromatic nitrogens is 1. The molecule has 5 nitrogen and oxygen atoms in total. The van der Waals surface area contributed by atoms with E-state index in [4.69, 9.17) is 11.0 Å².